The van der Waals surface area contributed by atoms with Crippen LogP contribution in [0, 0.1) is 6.92 Å². The minimum Gasteiger partial charge on any atom is -0.505 e. The van der Waals surface area contributed by atoms with Gasteiger partial charge in [0.15, 0.2) is 5.75 Å². The second-order valence-electron chi connectivity index (χ2n) is 14.2. The number of hydrogen-bond donors (Lipinski definition) is 8. The van der Waals surface area contributed by atoms with Crippen molar-refractivity contribution in [2.24, 2.45) is 20.5 Å². The Morgan fingerprint density at radius 3 is 1.94 bits per heavy atom. The van der Waals surface area contributed by atoms with Crippen molar-refractivity contribution in [3.8, 4) is 22.9 Å². The maximum Gasteiger partial charge on any atom is 0.320 e. The lowest BCUT2D eigenvalue weighted by Crippen LogP contribution is -2.06. The average molecular weight is 1010 g/mol. The minimum absolute atomic E-state index is 0.0183. The van der Waals surface area contributed by atoms with Crippen LogP contribution in [0.15, 0.2) is 161 Å². The quantitative estimate of drug-likeness (QED) is 0.0138. The van der Waals surface area contributed by atoms with E-state index in [1.54, 1.807) is 54.6 Å². The number of benzene rings is 7. The summed E-state index contributed by atoms with van der Waals surface area (Å²) in [5, 5.41) is 71.2. The summed E-state index contributed by atoms with van der Waals surface area (Å²) in [6, 6.07) is 30.8. The lowest BCUT2D eigenvalue weighted by Gasteiger charge is -2.17. The summed E-state index contributed by atoms with van der Waals surface area (Å²) in [6.07, 6.45) is 0. The van der Waals surface area contributed by atoms with Crippen LogP contribution in [0.5, 0.6) is 11.8 Å². The molecule has 0 amide bonds. The van der Waals surface area contributed by atoms with Crippen LogP contribution in [0.4, 0.5) is 46.0 Å². The number of aromatic hydroxyl groups is 2. The Morgan fingerprint density at radius 1 is 0.623 bits per heavy atom. The molecule has 69 heavy (non-hydrogen) atoms. The van der Waals surface area contributed by atoms with Gasteiger partial charge in [-0.05, 0) is 89.5 Å². The van der Waals surface area contributed by atoms with E-state index in [4.69, 9.17) is 10.5 Å². The fourth-order valence-electron chi connectivity index (χ4n) is 6.67. The highest BCUT2D eigenvalue weighted by atomic mass is 32.2. The molecule has 0 saturated carbocycles. The number of hydrogen-bond acceptors (Lipinski definition) is 23. The number of fused-ring (bicyclic) bond motifs is 2. The second-order valence-corrected chi connectivity index (χ2v) is 18.5. The third kappa shape index (κ3) is 11.4. The van der Waals surface area contributed by atoms with Gasteiger partial charge in [0.25, 0.3) is 20.2 Å². The summed E-state index contributed by atoms with van der Waals surface area (Å²) in [5.41, 5.74) is 2.05. The van der Waals surface area contributed by atoms with E-state index in [0.717, 1.165) is 34.9 Å². The maximum absolute atomic E-state index is 13.3. The largest absolute Gasteiger partial charge is 0.505 e. The number of anilines is 4. The molecule has 0 aliphatic carbocycles. The minimum atomic E-state index is -5.22. The molecule has 0 bridgehead atoms. The first kappa shape index (κ1) is 48.2. The van der Waals surface area contributed by atoms with Crippen LogP contribution in [0.25, 0.3) is 32.7 Å². The van der Waals surface area contributed by atoms with Crippen molar-refractivity contribution in [1.82, 2.24) is 15.0 Å². The highest BCUT2D eigenvalue weighted by Gasteiger charge is 2.28. The predicted octanol–water partition coefficient (Wildman–Crippen LogP) is 11.2. The molecule has 7 aromatic carbocycles. The molecule has 1 aromatic heterocycles. The zero-order valence-electron chi connectivity index (χ0n) is 34.8. The fourth-order valence-corrected chi connectivity index (χ4v) is 8.79. The van der Waals surface area contributed by atoms with Crippen LogP contribution in [-0.2, 0) is 39.0 Å². The van der Waals surface area contributed by atoms with Crippen LogP contribution in [-0.4, -0.2) is 61.6 Å². The summed E-state index contributed by atoms with van der Waals surface area (Å²) in [5.74, 6) is -1.41. The van der Waals surface area contributed by atoms with E-state index in [1.807, 2.05) is 31.2 Å². The number of rotatable bonds is 17. The Balaban J connectivity index is 1.35. The smallest absolute Gasteiger partial charge is 0.320 e. The van der Waals surface area contributed by atoms with Gasteiger partial charge in [0.05, 0.1) is 56.3 Å². The molecule has 8 N–H and O–H groups in total. The van der Waals surface area contributed by atoms with Crippen LogP contribution >= 0.6 is 24.1 Å². The van der Waals surface area contributed by atoms with Crippen molar-refractivity contribution < 1.29 is 65.4 Å². The molecule has 352 valence electrons. The number of aromatic nitrogens is 3. The number of nitrogens with one attached hydrogen (secondary N) is 2. The zero-order valence-corrected chi connectivity index (χ0v) is 38.0. The zero-order chi connectivity index (χ0) is 48.9. The van der Waals surface area contributed by atoms with Crippen molar-refractivity contribution in [3.05, 3.63) is 127 Å². The highest BCUT2D eigenvalue weighted by Crippen LogP contribution is 2.51. The van der Waals surface area contributed by atoms with Crippen molar-refractivity contribution in [2.75, 3.05) is 10.6 Å². The van der Waals surface area contributed by atoms with E-state index >= 15 is 0 Å². The molecular formula is C42H31N9O14S4. The molecule has 0 fully saturated rings. The molecule has 0 aliphatic heterocycles. The molecule has 0 atom stereocenters. The Hall–Kier alpha value is -7.25. The van der Waals surface area contributed by atoms with E-state index < -0.39 is 64.8 Å². The molecule has 0 spiro atoms. The van der Waals surface area contributed by atoms with E-state index in [2.05, 4.69) is 64.8 Å². The highest BCUT2D eigenvalue weighted by molar-refractivity contribution is 7.95. The average Bonchev–Trinajstić information content (AvgIpc) is 3.31. The topological polar surface area (TPSA) is 339 Å². The molecule has 0 unspecified atom stereocenters. The van der Waals surface area contributed by atoms with Gasteiger partial charge >= 0.3 is 6.01 Å². The first-order valence-electron chi connectivity index (χ1n) is 19.3. The molecule has 0 saturated heterocycles. The fraction of sp³-hybridized carbons (Fsp3) is 0.0238. The van der Waals surface area contributed by atoms with Crippen molar-refractivity contribution in [1.29, 1.82) is 0 Å². The summed E-state index contributed by atoms with van der Waals surface area (Å²) in [6.45, 7) is 1.96. The van der Waals surface area contributed by atoms with Gasteiger partial charge in [0.1, 0.15) is 16.3 Å². The van der Waals surface area contributed by atoms with Gasteiger partial charge in [0, 0.05) is 16.0 Å². The van der Waals surface area contributed by atoms with Gasteiger partial charge in [-0.15, -0.1) is 24.0 Å². The monoisotopic (exact) mass is 1010 g/mol. The number of phenols is 1. The van der Waals surface area contributed by atoms with E-state index in [9.17, 15) is 36.2 Å². The number of aryl methyl sites for hydroxylation is 1. The van der Waals surface area contributed by atoms with Gasteiger partial charge in [-0.3, -0.25) is 9.11 Å². The number of azo groups is 2. The SMILES string of the molecule is Cc1ccc(-c2ccc(N=Nc3c(S(=O)(=O)O)cc4cc(SOOO)c(N=Nc5cc(SOOO)cc6cc(S(=O)(=O)O)ccc56)c(O)c4c3Nc3nc(O)nc(Nc4ccccc4)n3)cc2)cc1. The number of para-hydroxylation sites is 1. The lowest BCUT2D eigenvalue weighted by atomic mass is 10.0. The van der Waals surface area contributed by atoms with Crippen molar-refractivity contribution >= 4 is 112 Å². The van der Waals surface area contributed by atoms with E-state index in [-0.39, 0.29) is 60.7 Å². The lowest BCUT2D eigenvalue weighted by molar-refractivity contribution is -0.432. The molecule has 27 heteroatoms. The summed E-state index contributed by atoms with van der Waals surface area (Å²) < 4.78 is 80.2. The van der Waals surface area contributed by atoms with Crippen LogP contribution < -0.4 is 10.6 Å². The molecular weight excluding hydrogens is 983 g/mol. The third-order valence-corrected chi connectivity index (χ3v) is 12.6. The normalized spacial score (nSPS) is 12.1. The van der Waals surface area contributed by atoms with Gasteiger partial charge < -0.3 is 20.8 Å². The Kier molecular flexibility index (Phi) is 14.4. The summed E-state index contributed by atoms with van der Waals surface area (Å²) >= 11 is 0.753. The first-order chi connectivity index (χ1) is 33.1. The number of nitrogens with zero attached hydrogens (tertiary/aromatic N) is 7. The van der Waals surface area contributed by atoms with Crippen LogP contribution in [0.1, 0.15) is 5.56 Å². The Bertz CT molecular complexity index is 3520. The van der Waals surface area contributed by atoms with Crippen LogP contribution in [0.2, 0.25) is 0 Å². The Morgan fingerprint density at radius 2 is 1.28 bits per heavy atom. The van der Waals surface area contributed by atoms with E-state index in [1.165, 1.54) is 24.3 Å². The van der Waals surface area contributed by atoms with E-state index in [0.29, 0.717) is 17.7 Å². The summed E-state index contributed by atoms with van der Waals surface area (Å²) in [7, 11) is -9.89. The van der Waals surface area contributed by atoms with Gasteiger partial charge in [-0.25, -0.2) is 10.5 Å². The third-order valence-electron chi connectivity index (χ3n) is 9.71. The molecule has 1 heterocycles. The van der Waals surface area contributed by atoms with Crippen molar-refractivity contribution in [3.63, 3.8) is 0 Å². The second kappa shape index (κ2) is 20.5. The molecule has 0 aliphatic rings. The standard InChI is InChI=1S/C42H31N9O14S4/c1-22-7-9-23(10-8-22)24-11-13-28(14-12-24)48-51-37-34(69(59,60)61)20-26-19-33(67-65-63-55)36(50-49-32-21-29(66-64-62-54)17-25-18-30(68(56,57)58)15-16-31(25)32)39(52)35(26)38(37)44-41-45-40(46-42(53)47-41)43-27-5-3-2-4-6-27/h2-21,52,54-55H,1H3,(H,56,57,58)(H,59,60,61)(H3,43,44,45,46,47,53). The van der Waals surface area contributed by atoms with Crippen LogP contribution in [0.3, 0.4) is 0 Å². The molecule has 8 aromatic rings. The molecule has 0 radical (unpaired) electrons. The van der Waals surface area contributed by atoms with Crippen molar-refractivity contribution in [2.45, 2.75) is 26.5 Å². The Labute approximate surface area is 397 Å². The molecule has 8 rings (SSSR count). The van der Waals surface area contributed by atoms with Gasteiger partial charge in [0.2, 0.25) is 11.9 Å². The predicted molar refractivity (Wildman–Crippen MR) is 250 cm³/mol. The maximum atomic E-state index is 13.3. The molecule has 23 nitrogen and oxygen atoms in total. The summed E-state index contributed by atoms with van der Waals surface area (Å²) in [4.78, 5) is 10.8. The first-order valence-corrected chi connectivity index (χ1v) is 23.7. The van der Waals surface area contributed by atoms with Gasteiger partial charge in [-0.2, -0.15) is 36.9 Å². The van der Waals surface area contributed by atoms with Gasteiger partial charge in [-0.1, -0.05) is 76.3 Å². The number of phenolic OH excluding ortho intramolecular Hbond substituents is 1.